The third kappa shape index (κ3) is 4.06. The van der Waals surface area contributed by atoms with E-state index in [1.165, 1.54) is 24.2 Å². The van der Waals surface area contributed by atoms with Crippen LogP contribution >= 0.6 is 43.2 Å². The molecule has 0 bridgehead atoms. The molecule has 1 aliphatic rings. The molecule has 3 nitrogen and oxygen atoms in total. The van der Waals surface area contributed by atoms with E-state index in [0.717, 1.165) is 32.8 Å². The number of amides is 1. The van der Waals surface area contributed by atoms with Crippen LogP contribution in [-0.2, 0) is 0 Å². The first-order chi connectivity index (χ1) is 9.49. The molecule has 0 spiro atoms. The van der Waals surface area contributed by atoms with Gasteiger partial charge in [0.05, 0.1) is 8.66 Å². The molecule has 1 aromatic rings. The highest BCUT2D eigenvalue weighted by molar-refractivity contribution is 9.13. The van der Waals surface area contributed by atoms with Crippen LogP contribution in [0, 0.1) is 5.92 Å². The average molecular weight is 424 g/mol. The van der Waals surface area contributed by atoms with E-state index in [0.29, 0.717) is 12.0 Å². The van der Waals surface area contributed by atoms with Gasteiger partial charge in [0.25, 0.3) is 5.91 Å². The van der Waals surface area contributed by atoms with Crippen molar-refractivity contribution in [1.82, 2.24) is 10.2 Å². The third-order valence-corrected chi connectivity index (χ3v) is 6.97. The van der Waals surface area contributed by atoms with Crippen molar-refractivity contribution in [1.29, 1.82) is 0 Å². The molecule has 2 heterocycles. The molecule has 1 aliphatic heterocycles. The smallest absolute Gasteiger partial charge is 0.261 e. The molecule has 1 atom stereocenters. The fourth-order valence-electron chi connectivity index (χ4n) is 2.60. The van der Waals surface area contributed by atoms with Gasteiger partial charge in [-0.1, -0.05) is 13.8 Å². The summed E-state index contributed by atoms with van der Waals surface area (Å²) in [6.07, 6.45) is 2.56. The monoisotopic (exact) mass is 422 g/mol. The van der Waals surface area contributed by atoms with Crippen LogP contribution < -0.4 is 5.32 Å². The highest BCUT2D eigenvalue weighted by Gasteiger charge is 2.25. The number of nitrogens with zero attached hydrogens (tertiary/aromatic N) is 1. The number of likely N-dealkylation sites (tertiary alicyclic amines) is 1. The molecule has 1 amide bonds. The van der Waals surface area contributed by atoms with Gasteiger partial charge in [-0.15, -0.1) is 11.3 Å². The molecule has 0 aliphatic carbocycles. The summed E-state index contributed by atoms with van der Waals surface area (Å²) in [4.78, 5) is 15.4. The minimum absolute atomic E-state index is 0.0197. The summed E-state index contributed by atoms with van der Waals surface area (Å²) in [6.45, 7) is 7.51. The number of carbonyl (C=O) groups is 1. The van der Waals surface area contributed by atoms with Crippen molar-refractivity contribution in [2.24, 2.45) is 5.92 Å². The van der Waals surface area contributed by atoms with E-state index in [2.05, 4.69) is 55.9 Å². The van der Waals surface area contributed by atoms with Gasteiger partial charge in [-0.3, -0.25) is 9.69 Å². The molecule has 1 saturated heterocycles. The zero-order valence-corrected chi connectivity index (χ0v) is 15.8. The van der Waals surface area contributed by atoms with Gasteiger partial charge in [-0.25, -0.2) is 0 Å². The van der Waals surface area contributed by atoms with Gasteiger partial charge in [0.1, 0.15) is 0 Å². The Kier molecular flexibility index (Phi) is 6.08. The lowest BCUT2D eigenvalue weighted by Gasteiger charge is -2.30. The second-order valence-electron chi connectivity index (χ2n) is 5.50. The summed E-state index contributed by atoms with van der Waals surface area (Å²) in [6, 6.07) is 2.30. The van der Waals surface area contributed by atoms with Gasteiger partial charge in [0, 0.05) is 17.1 Å². The van der Waals surface area contributed by atoms with Crippen molar-refractivity contribution in [3.63, 3.8) is 0 Å². The third-order valence-electron chi connectivity index (χ3n) is 3.72. The first-order valence-electron chi connectivity index (χ1n) is 6.96. The normalized spacial score (nSPS) is 17.6. The SMILES string of the molecule is CC(C)C(CNC(=O)c1cc(Br)c(Br)s1)N1CCCC1. The molecule has 1 unspecified atom stereocenters. The predicted molar refractivity (Wildman–Crippen MR) is 91.5 cm³/mol. The minimum atomic E-state index is 0.0197. The Morgan fingerprint density at radius 1 is 1.40 bits per heavy atom. The average Bonchev–Trinajstić information content (AvgIpc) is 3.00. The van der Waals surface area contributed by atoms with Crippen LogP contribution in [0.2, 0.25) is 0 Å². The van der Waals surface area contributed by atoms with Crippen LogP contribution in [0.3, 0.4) is 0 Å². The van der Waals surface area contributed by atoms with E-state index in [-0.39, 0.29) is 5.91 Å². The van der Waals surface area contributed by atoms with E-state index in [9.17, 15) is 4.79 Å². The maximum absolute atomic E-state index is 12.2. The molecule has 2 rings (SSSR count). The highest BCUT2D eigenvalue weighted by atomic mass is 79.9. The summed E-state index contributed by atoms with van der Waals surface area (Å²) in [7, 11) is 0. The molecule has 6 heteroatoms. The Hall–Kier alpha value is 0.0900. The number of halogens is 2. The van der Waals surface area contributed by atoms with Crippen molar-refractivity contribution in [3.8, 4) is 0 Å². The Balaban J connectivity index is 1.93. The lowest BCUT2D eigenvalue weighted by atomic mass is 10.0. The summed E-state index contributed by atoms with van der Waals surface area (Å²) in [5, 5.41) is 3.09. The lowest BCUT2D eigenvalue weighted by molar-refractivity contribution is 0.0931. The van der Waals surface area contributed by atoms with Crippen LogP contribution in [-0.4, -0.2) is 36.5 Å². The predicted octanol–water partition coefficient (Wildman–Crippen LogP) is 4.12. The van der Waals surface area contributed by atoms with Crippen LogP contribution in [0.5, 0.6) is 0 Å². The van der Waals surface area contributed by atoms with Crippen molar-refractivity contribution < 1.29 is 4.79 Å². The van der Waals surface area contributed by atoms with E-state index < -0.39 is 0 Å². The van der Waals surface area contributed by atoms with Gasteiger partial charge in [-0.05, 0) is 69.8 Å². The lowest BCUT2D eigenvalue weighted by Crippen LogP contribution is -2.45. The van der Waals surface area contributed by atoms with Gasteiger partial charge < -0.3 is 5.32 Å². The maximum atomic E-state index is 12.2. The van der Waals surface area contributed by atoms with E-state index >= 15 is 0 Å². The second-order valence-corrected chi connectivity index (χ2v) is 8.72. The summed E-state index contributed by atoms with van der Waals surface area (Å²) in [5.74, 6) is 0.571. The molecular formula is C14H20Br2N2OS. The summed E-state index contributed by atoms with van der Waals surface area (Å²) < 4.78 is 1.90. The molecule has 0 radical (unpaired) electrons. The number of hydrogen-bond acceptors (Lipinski definition) is 3. The maximum Gasteiger partial charge on any atom is 0.261 e. The zero-order chi connectivity index (χ0) is 14.7. The molecule has 0 aromatic carbocycles. The van der Waals surface area contributed by atoms with Crippen LogP contribution in [0.15, 0.2) is 14.3 Å². The summed E-state index contributed by atoms with van der Waals surface area (Å²) in [5.41, 5.74) is 0. The van der Waals surface area contributed by atoms with Crippen molar-refractivity contribution >= 4 is 49.1 Å². The quantitative estimate of drug-likeness (QED) is 0.772. The van der Waals surface area contributed by atoms with Crippen LogP contribution in [0.1, 0.15) is 36.4 Å². The van der Waals surface area contributed by atoms with Crippen LogP contribution in [0.25, 0.3) is 0 Å². The minimum Gasteiger partial charge on any atom is -0.350 e. The molecule has 1 fully saturated rings. The molecule has 0 saturated carbocycles. The first kappa shape index (κ1) is 16.5. The van der Waals surface area contributed by atoms with Gasteiger partial charge in [-0.2, -0.15) is 0 Å². The van der Waals surface area contributed by atoms with Gasteiger partial charge in [0.15, 0.2) is 0 Å². The topological polar surface area (TPSA) is 32.3 Å². The first-order valence-corrected chi connectivity index (χ1v) is 9.36. The molecule has 112 valence electrons. The Labute approximate surface area is 141 Å². The fraction of sp³-hybridized carbons (Fsp3) is 0.643. The second kappa shape index (κ2) is 7.38. The number of rotatable bonds is 5. The zero-order valence-electron chi connectivity index (χ0n) is 11.8. The fourth-order valence-corrected chi connectivity index (χ4v) is 4.55. The van der Waals surface area contributed by atoms with E-state index in [4.69, 9.17) is 0 Å². The van der Waals surface area contributed by atoms with E-state index in [1.807, 2.05) is 6.07 Å². The van der Waals surface area contributed by atoms with Crippen LogP contribution in [0.4, 0.5) is 0 Å². The number of carbonyl (C=O) groups excluding carboxylic acids is 1. The number of thiophene rings is 1. The van der Waals surface area contributed by atoms with Crippen molar-refractivity contribution in [2.75, 3.05) is 19.6 Å². The Bertz CT molecular complexity index is 450. The van der Waals surface area contributed by atoms with Gasteiger partial charge in [0.2, 0.25) is 0 Å². The molecule has 1 N–H and O–H groups in total. The van der Waals surface area contributed by atoms with Crippen molar-refractivity contribution in [3.05, 3.63) is 19.2 Å². The molecular weight excluding hydrogens is 404 g/mol. The highest BCUT2D eigenvalue weighted by Crippen LogP contribution is 2.32. The molecule has 1 aromatic heterocycles. The standard InChI is InChI=1S/C14H20Br2N2OS/c1-9(2)11(18-5-3-4-6-18)8-17-14(19)12-7-10(15)13(16)20-12/h7,9,11H,3-6,8H2,1-2H3,(H,17,19). The van der Waals surface area contributed by atoms with Crippen molar-refractivity contribution in [2.45, 2.75) is 32.7 Å². The summed E-state index contributed by atoms with van der Waals surface area (Å²) >= 11 is 8.30. The molecule has 20 heavy (non-hydrogen) atoms. The van der Waals surface area contributed by atoms with E-state index in [1.54, 1.807) is 0 Å². The Morgan fingerprint density at radius 3 is 2.55 bits per heavy atom. The Morgan fingerprint density at radius 2 is 2.05 bits per heavy atom. The number of hydrogen-bond donors (Lipinski definition) is 1. The number of nitrogens with one attached hydrogen (secondary N) is 1. The van der Waals surface area contributed by atoms with Gasteiger partial charge >= 0.3 is 0 Å². The largest absolute Gasteiger partial charge is 0.350 e.